The number of rotatable bonds is 7. The number of nitrogens with zero attached hydrogens (tertiary/aromatic N) is 2. The predicted molar refractivity (Wildman–Crippen MR) is 90.0 cm³/mol. The van der Waals surface area contributed by atoms with E-state index in [9.17, 15) is 14.4 Å². The molecule has 8 heteroatoms. The molecule has 24 heavy (non-hydrogen) atoms. The zero-order chi connectivity index (χ0) is 17.7. The number of hydrogen-bond acceptors (Lipinski definition) is 4. The second-order valence-electron chi connectivity index (χ2n) is 5.43. The van der Waals surface area contributed by atoms with Crippen molar-refractivity contribution in [1.82, 2.24) is 10.2 Å². The van der Waals surface area contributed by atoms with Crippen LogP contribution in [0.4, 0.5) is 10.5 Å². The molecule has 2 rings (SSSR count). The standard InChI is InChI=1S/C16H20ClN3O4/c1-11-15(22)19(10-14(21)18-8-3-9-24-2)16(23)20(11)13-6-4-12(17)5-7-13/h4-7,11H,3,8-10H2,1-2H3,(H,18,21)/t11-/m1/s1. The van der Waals surface area contributed by atoms with E-state index in [0.717, 1.165) is 4.90 Å². The maximum Gasteiger partial charge on any atom is 0.332 e. The van der Waals surface area contributed by atoms with Gasteiger partial charge in [-0.05, 0) is 37.6 Å². The first-order valence-electron chi connectivity index (χ1n) is 7.61. The molecule has 1 heterocycles. The Morgan fingerprint density at radius 1 is 1.29 bits per heavy atom. The summed E-state index contributed by atoms with van der Waals surface area (Å²) < 4.78 is 4.89. The summed E-state index contributed by atoms with van der Waals surface area (Å²) in [6, 6.07) is 5.44. The third kappa shape index (κ3) is 4.04. The quantitative estimate of drug-likeness (QED) is 0.597. The summed E-state index contributed by atoms with van der Waals surface area (Å²) in [4.78, 5) is 39.1. The minimum atomic E-state index is -0.667. The lowest BCUT2D eigenvalue weighted by Gasteiger charge is -2.19. The summed E-state index contributed by atoms with van der Waals surface area (Å²) in [7, 11) is 1.58. The van der Waals surface area contributed by atoms with Gasteiger partial charge in [-0.2, -0.15) is 0 Å². The lowest BCUT2D eigenvalue weighted by atomic mass is 10.2. The van der Waals surface area contributed by atoms with E-state index in [2.05, 4.69) is 5.32 Å². The molecule has 1 aliphatic heterocycles. The molecule has 0 spiro atoms. The minimum Gasteiger partial charge on any atom is -0.385 e. The van der Waals surface area contributed by atoms with E-state index in [1.165, 1.54) is 4.90 Å². The molecular formula is C16H20ClN3O4. The van der Waals surface area contributed by atoms with Gasteiger partial charge in [0.25, 0.3) is 5.91 Å². The van der Waals surface area contributed by atoms with Crippen molar-refractivity contribution in [2.45, 2.75) is 19.4 Å². The molecule has 1 N–H and O–H groups in total. The molecule has 7 nitrogen and oxygen atoms in total. The van der Waals surface area contributed by atoms with Gasteiger partial charge >= 0.3 is 6.03 Å². The van der Waals surface area contributed by atoms with Gasteiger partial charge in [0.2, 0.25) is 5.91 Å². The van der Waals surface area contributed by atoms with Crippen LogP contribution in [0.1, 0.15) is 13.3 Å². The van der Waals surface area contributed by atoms with Gasteiger partial charge in [0, 0.05) is 31.0 Å². The van der Waals surface area contributed by atoms with E-state index in [0.29, 0.717) is 30.3 Å². The molecule has 0 unspecified atom stereocenters. The van der Waals surface area contributed by atoms with Crippen LogP contribution in [0.15, 0.2) is 24.3 Å². The van der Waals surface area contributed by atoms with Crippen LogP contribution in [-0.2, 0) is 14.3 Å². The first kappa shape index (κ1) is 18.2. The second-order valence-corrected chi connectivity index (χ2v) is 5.86. The predicted octanol–water partition coefficient (Wildman–Crippen LogP) is 1.65. The number of halogens is 1. The molecule has 1 atom stereocenters. The molecule has 0 radical (unpaired) electrons. The van der Waals surface area contributed by atoms with Gasteiger partial charge < -0.3 is 10.1 Å². The number of hydrogen-bond donors (Lipinski definition) is 1. The Bertz CT molecular complexity index is 620. The lowest BCUT2D eigenvalue weighted by molar-refractivity contribution is -0.131. The van der Waals surface area contributed by atoms with Crippen LogP contribution in [0.3, 0.4) is 0 Å². The Labute approximate surface area is 145 Å². The monoisotopic (exact) mass is 353 g/mol. The number of benzene rings is 1. The highest BCUT2D eigenvalue weighted by atomic mass is 35.5. The highest BCUT2D eigenvalue weighted by Gasteiger charge is 2.43. The van der Waals surface area contributed by atoms with E-state index < -0.39 is 18.0 Å². The fourth-order valence-corrected chi connectivity index (χ4v) is 2.58. The lowest BCUT2D eigenvalue weighted by Crippen LogP contribution is -2.41. The SMILES string of the molecule is COCCCNC(=O)CN1C(=O)[C@@H](C)N(c2ccc(Cl)cc2)C1=O. The third-order valence-corrected chi connectivity index (χ3v) is 3.95. The Morgan fingerprint density at radius 2 is 1.96 bits per heavy atom. The van der Waals surface area contributed by atoms with Crippen LogP contribution < -0.4 is 10.2 Å². The fourth-order valence-electron chi connectivity index (χ4n) is 2.45. The maximum atomic E-state index is 12.5. The number of nitrogens with one attached hydrogen (secondary N) is 1. The normalized spacial score (nSPS) is 17.5. The average Bonchev–Trinajstić information content (AvgIpc) is 2.76. The molecule has 0 aromatic heterocycles. The molecule has 1 saturated heterocycles. The third-order valence-electron chi connectivity index (χ3n) is 3.70. The van der Waals surface area contributed by atoms with E-state index in [1.807, 2.05) is 0 Å². The van der Waals surface area contributed by atoms with Crippen LogP contribution in [0.5, 0.6) is 0 Å². The van der Waals surface area contributed by atoms with Gasteiger partial charge in [0.1, 0.15) is 12.6 Å². The summed E-state index contributed by atoms with van der Waals surface area (Å²) in [5, 5.41) is 3.20. The van der Waals surface area contributed by atoms with Gasteiger partial charge in [-0.1, -0.05) is 11.6 Å². The van der Waals surface area contributed by atoms with Crippen LogP contribution >= 0.6 is 11.6 Å². The zero-order valence-corrected chi connectivity index (χ0v) is 14.4. The first-order valence-corrected chi connectivity index (χ1v) is 7.99. The molecule has 0 aliphatic carbocycles. The summed E-state index contributed by atoms with van der Waals surface area (Å²) in [5.41, 5.74) is 0.563. The number of urea groups is 1. The molecule has 130 valence electrons. The smallest absolute Gasteiger partial charge is 0.332 e. The second kappa shape index (κ2) is 8.12. The van der Waals surface area contributed by atoms with Crippen molar-refractivity contribution in [2.75, 3.05) is 31.7 Å². The summed E-state index contributed by atoms with van der Waals surface area (Å²) >= 11 is 5.85. The van der Waals surface area contributed by atoms with E-state index >= 15 is 0 Å². The largest absolute Gasteiger partial charge is 0.385 e. The van der Waals surface area contributed by atoms with Crippen molar-refractivity contribution in [3.05, 3.63) is 29.3 Å². The molecule has 4 amide bonds. The maximum absolute atomic E-state index is 12.5. The van der Waals surface area contributed by atoms with E-state index in [4.69, 9.17) is 16.3 Å². The number of methoxy groups -OCH3 is 1. The van der Waals surface area contributed by atoms with Crippen molar-refractivity contribution in [2.24, 2.45) is 0 Å². The van der Waals surface area contributed by atoms with Crippen LogP contribution in [0.2, 0.25) is 5.02 Å². The van der Waals surface area contributed by atoms with Crippen LogP contribution in [0.25, 0.3) is 0 Å². The van der Waals surface area contributed by atoms with Crippen molar-refractivity contribution < 1.29 is 19.1 Å². The topological polar surface area (TPSA) is 79.0 Å². The molecule has 0 bridgehead atoms. The van der Waals surface area contributed by atoms with Gasteiger partial charge in [0.05, 0.1) is 0 Å². The molecule has 1 aliphatic rings. The minimum absolute atomic E-state index is 0.293. The Balaban J connectivity index is 2.02. The highest BCUT2D eigenvalue weighted by molar-refractivity contribution is 6.30. The number of anilines is 1. The highest BCUT2D eigenvalue weighted by Crippen LogP contribution is 2.26. The Hall–Kier alpha value is -2.12. The average molecular weight is 354 g/mol. The first-order chi connectivity index (χ1) is 11.5. The molecule has 0 saturated carbocycles. The van der Waals surface area contributed by atoms with Crippen molar-refractivity contribution in [3.8, 4) is 0 Å². The number of imide groups is 1. The fraction of sp³-hybridized carbons (Fsp3) is 0.438. The molecular weight excluding hydrogens is 334 g/mol. The molecule has 1 fully saturated rings. The number of carbonyl (C=O) groups is 3. The van der Waals surface area contributed by atoms with Gasteiger partial charge in [-0.25, -0.2) is 4.79 Å². The van der Waals surface area contributed by atoms with Crippen molar-refractivity contribution >= 4 is 35.1 Å². The molecule has 1 aromatic rings. The number of amides is 4. The molecule has 1 aromatic carbocycles. The summed E-state index contributed by atoms with van der Waals surface area (Å²) in [6.45, 7) is 2.30. The van der Waals surface area contributed by atoms with Crippen molar-refractivity contribution in [3.63, 3.8) is 0 Å². The van der Waals surface area contributed by atoms with E-state index in [-0.39, 0.29) is 12.5 Å². The summed E-state index contributed by atoms with van der Waals surface area (Å²) in [5.74, 6) is -0.778. The van der Waals surface area contributed by atoms with Crippen molar-refractivity contribution in [1.29, 1.82) is 0 Å². The van der Waals surface area contributed by atoms with Crippen LogP contribution in [0, 0.1) is 0 Å². The zero-order valence-electron chi connectivity index (χ0n) is 13.6. The van der Waals surface area contributed by atoms with Gasteiger partial charge in [-0.3, -0.25) is 19.4 Å². The van der Waals surface area contributed by atoms with E-state index in [1.54, 1.807) is 38.3 Å². The Kier molecular flexibility index (Phi) is 6.16. The van der Waals surface area contributed by atoms with Gasteiger partial charge in [0.15, 0.2) is 0 Å². The van der Waals surface area contributed by atoms with Crippen LogP contribution in [-0.4, -0.2) is 55.6 Å². The summed E-state index contributed by atoms with van der Waals surface area (Å²) in [6.07, 6.45) is 0.664. The Morgan fingerprint density at radius 3 is 2.58 bits per heavy atom. The number of carbonyl (C=O) groups excluding carboxylic acids is 3. The van der Waals surface area contributed by atoms with Gasteiger partial charge in [-0.15, -0.1) is 0 Å². The number of ether oxygens (including phenoxy) is 1.